The lowest BCUT2D eigenvalue weighted by molar-refractivity contribution is 0.0644. The van der Waals surface area contributed by atoms with Crippen molar-refractivity contribution >= 4 is 34.9 Å². The van der Waals surface area contributed by atoms with Crippen LogP contribution in [-0.2, 0) is 0 Å². The summed E-state index contributed by atoms with van der Waals surface area (Å²) in [6.45, 7) is 5.54. The first kappa shape index (κ1) is 26.7. The summed E-state index contributed by atoms with van der Waals surface area (Å²) < 4.78 is 19.9. The molecule has 200 valence electrons. The Morgan fingerprint density at radius 3 is 2.61 bits per heavy atom. The van der Waals surface area contributed by atoms with Gasteiger partial charge in [-0.1, -0.05) is 35.3 Å². The molecule has 2 fully saturated rings. The maximum Gasteiger partial charge on any atom is 0.258 e. The third-order valence-electron chi connectivity index (χ3n) is 7.36. The lowest BCUT2D eigenvalue weighted by Gasteiger charge is -2.36. The maximum absolute atomic E-state index is 14.0. The van der Waals surface area contributed by atoms with E-state index in [-0.39, 0.29) is 27.7 Å². The number of likely N-dealkylation sites (tertiary alicyclic amines) is 2. The SMILES string of the molecule is CC(Oc1nc(-c2cccc(C(=O)N3CCC(N4CCCC4)CC3)c2)cnc1N)c1c(Cl)ccc(F)c1Cl. The number of rotatable bonds is 6. The van der Waals surface area contributed by atoms with Crippen molar-refractivity contribution in [3.8, 4) is 17.1 Å². The summed E-state index contributed by atoms with van der Waals surface area (Å²) in [5.74, 6) is -0.462. The predicted molar refractivity (Wildman–Crippen MR) is 147 cm³/mol. The third kappa shape index (κ3) is 5.58. The van der Waals surface area contributed by atoms with E-state index in [1.165, 1.54) is 44.3 Å². The second-order valence-electron chi connectivity index (χ2n) is 9.81. The number of hydrogen-bond acceptors (Lipinski definition) is 6. The first-order valence-electron chi connectivity index (χ1n) is 12.9. The molecule has 2 saturated heterocycles. The van der Waals surface area contributed by atoms with Gasteiger partial charge in [0.2, 0.25) is 0 Å². The van der Waals surface area contributed by atoms with Crippen LogP contribution in [0.4, 0.5) is 10.2 Å². The number of benzene rings is 2. The van der Waals surface area contributed by atoms with Crippen LogP contribution in [0.25, 0.3) is 11.3 Å². The lowest BCUT2D eigenvalue weighted by Crippen LogP contribution is -2.45. The topological polar surface area (TPSA) is 84.6 Å². The minimum Gasteiger partial charge on any atom is -0.467 e. The van der Waals surface area contributed by atoms with Gasteiger partial charge in [0.1, 0.15) is 11.9 Å². The molecule has 3 heterocycles. The minimum atomic E-state index is -0.742. The number of piperidine rings is 1. The fourth-order valence-electron chi connectivity index (χ4n) is 5.28. The molecule has 0 bridgehead atoms. The van der Waals surface area contributed by atoms with Crippen molar-refractivity contribution in [3.63, 3.8) is 0 Å². The molecule has 7 nitrogen and oxygen atoms in total. The van der Waals surface area contributed by atoms with Crippen LogP contribution in [-0.4, -0.2) is 57.9 Å². The number of amides is 1. The summed E-state index contributed by atoms with van der Waals surface area (Å²) in [6.07, 6.45) is 5.35. The highest BCUT2D eigenvalue weighted by atomic mass is 35.5. The standard InChI is InChI=1S/C28H30Cl2FN5O2/c1-17(24-21(29)7-8-22(31)25(24)30)38-27-26(32)33-16-23(34-27)18-5-4-6-19(15-18)28(37)36-13-9-20(10-14-36)35-11-2-3-12-35/h4-8,15-17,20H,2-3,9-14H2,1H3,(H2,32,33). The minimum absolute atomic E-state index is 0.00982. The lowest BCUT2D eigenvalue weighted by atomic mass is 10.0. The third-order valence-corrected chi connectivity index (χ3v) is 8.07. The Labute approximate surface area is 231 Å². The second-order valence-corrected chi connectivity index (χ2v) is 10.6. The first-order valence-corrected chi connectivity index (χ1v) is 13.6. The smallest absolute Gasteiger partial charge is 0.258 e. The van der Waals surface area contributed by atoms with E-state index in [0.717, 1.165) is 25.9 Å². The molecular weight excluding hydrogens is 528 g/mol. The number of carbonyl (C=O) groups is 1. The van der Waals surface area contributed by atoms with Gasteiger partial charge in [-0.05, 0) is 70.0 Å². The van der Waals surface area contributed by atoms with Gasteiger partial charge >= 0.3 is 0 Å². The molecule has 3 aromatic rings. The van der Waals surface area contributed by atoms with Gasteiger partial charge in [-0.2, -0.15) is 0 Å². The van der Waals surface area contributed by atoms with Gasteiger partial charge in [0, 0.05) is 40.8 Å². The number of halogens is 3. The van der Waals surface area contributed by atoms with Crippen molar-refractivity contribution in [2.75, 3.05) is 31.9 Å². The average Bonchev–Trinajstić information content (AvgIpc) is 3.47. The molecule has 1 aromatic heterocycles. The Hall–Kier alpha value is -2.94. The highest BCUT2D eigenvalue weighted by Crippen LogP contribution is 2.36. The number of hydrogen-bond donors (Lipinski definition) is 1. The van der Waals surface area contributed by atoms with Crippen LogP contribution in [0.2, 0.25) is 10.0 Å². The van der Waals surface area contributed by atoms with Crippen LogP contribution < -0.4 is 10.5 Å². The Balaban J connectivity index is 1.31. The molecule has 2 aromatic carbocycles. The summed E-state index contributed by atoms with van der Waals surface area (Å²) in [4.78, 5) is 26.6. The molecule has 2 aliphatic rings. The monoisotopic (exact) mass is 557 g/mol. The molecule has 0 saturated carbocycles. The van der Waals surface area contributed by atoms with Gasteiger partial charge in [-0.15, -0.1) is 0 Å². The molecule has 38 heavy (non-hydrogen) atoms. The summed E-state index contributed by atoms with van der Waals surface area (Å²) in [5, 5.41) is 0.144. The number of aromatic nitrogens is 2. The number of anilines is 1. The van der Waals surface area contributed by atoms with Crippen LogP contribution in [0.5, 0.6) is 5.88 Å². The van der Waals surface area contributed by atoms with E-state index in [1.54, 1.807) is 6.92 Å². The van der Waals surface area contributed by atoms with E-state index in [2.05, 4.69) is 14.9 Å². The Kier molecular flexibility index (Phi) is 8.02. The number of ether oxygens (including phenoxy) is 1. The van der Waals surface area contributed by atoms with Crippen molar-refractivity contribution in [3.05, 3.63) is 69.6 Å². The molecule has 10 heteroatoms. The van der Waals surface area contributed by atoms with E-state index >= 15 is 0 Å². The van der Waals surface area contributed by atoms with Gasteiger partial charge in [0.25, 0.3) is 11.8 Å². The van der Waals surface area contributed by atoms with Crippen molar-refractivity contribution in [2.24, 2.45) is 0 Å². The summed E-state index contributed by atoms with van der Waals surface area (Å²) >= 11 is 12.4. The number of nitrogens with zero attached hydrogens (tertiary/aromatic N) is 4. The highest BCUT2D eigenvalue weighted by Gasteiger charge is 2.29. The molecular formula is C28H30Cl2FN5O2. The van der Waals surface area contributed by atoms with E-state index in [4.69, 9.17) is 33.7 Å². The summed E-state index contributed by atoms with van der Waals surface area (Å²) in [5.41, 5.74) is 8.10. The van der Waals surface area contributed by atoms with E-state index in [9.17, 15) is 9.18 Å². The quantitative estimate of drug-likeness (QED) is 0.373. The highest BCUT2D eigenvalue weighted by molar-refractivity contribution is 6.36. The van der Waals surface area contributed by atoms with Gasteiger partial charge in [0.15, 0.2) is 5.82 Å². The molecule has 5 rings (SSSR count). The van der Waals surface area contributed by atoms with Crippen LogP contribution in [0.3, 0.4) is 0 Å². The van der Waals surface area contributed by atoms with Crippen molar-refractivity contribution < 1.29 is 13.9 Å². The molecule has 0 radical (unpaired) electrons. The van der Waals surface area contributed by atoms with Crippen molar-refractivity contribution in [2.45, 2.75) is 44.8 Å². The van der Waals surface area contributed by atoms with Crippen LogP contribution >= 0.6 is 23.2 Å². The fraction of sp³-hybridized carbons (Fsp3) is 0.393. The van der Waals surface area contributed by atoms with Gasteiger partial charge in [-0.3, -0.25) is 4.79 Å². The molecule has 2 N–H and O–H groups in total. The summed E-state index contributed by atoms with van der Waals surface area (Å²) in [7, 11) is 0. The Morgan fingerprint density at radius 1 is 1.13 bits per heavy atom. The van der Waals surface area contributed by atoms with Crippen LogP contribution in [0.15, 0.2) is 42.6 Å². The zero-order valence-corrected chi connectivity index (χ0v) is 22.7. The predicted octanol–water partition coefficient (Wildman–Crippen LogP) is 6.01. The van der Waals surface area contributed by atoms with E-state index in [0.29, 0.717) is 28.4 Å². The maximum atomic E-state index is 14.0. The van der Waals surface area contributed by atoms with E-state index < -0.39 is 11.9 Å². The molecule has 2 aliphatic heterocycles. The molecule has 0 aliphatic carbocycles. The van der Waals surface area contributed by atoms with Crippen LogP contribution in [0.1, 0.15) is 54.6 Å². The molecule has 1 amide bonds. The Bertz CT molecular complexity index is 1330. The first-order chi connectivity index (χ1) is 18.3. The van der Waals surface area contributed by atoms with Gasteiger partial charge in [-0.25, -0.2) is 14.4 Å². The summed E-state index contributed by atoms with van der Waals surface area (Å²) in [6, 6.07) is 10.5. The van der Waals surface area contributed by atoms with Crippen molar-refractivity contribution in [1.29, 1.82) is 0 Å². The number of nitrogens with two attached hydrogens (primary N) is 1. The normalized spacial score (nSPS) is 17.5. The number of nitrogen functional groups attached to an aromatic ring is 1. The zero-order chi connectivity index (χ0) is 26.8. The van der Waals surface area contributed by atoms with Gasteiger partial charge < -0.3 is 20.3 Å². The van der Waals surface area contributed by atoms with E-state index in [1.807, 2.05) is 29.2 Å². The Morgan fingerprint density at radius 2 is 1.87 bits per heavy atom. The average molecular weight is 558 g/mol. The zero-order valence-electron chi connectivity index (χ0n) is 21.2. The molecule has 1 atom stereocenters. The van der Waals surface area contributed by atoms with Gasteiger partial charge in [0.05, 0.1) is 16.9 Å². The fourth-order valence-corrected chi connectivity index (χ4v) is 5.96. The molecule has 0 spiro atoms. The largest absolute Gasteiger partial charge is 0.467 e. The second kappa shape index (κ2) is 11.4. The molecule has 1 unspecified atom stereocenters. The van der Waals surface area contributed by atoms with Crippen molar-refractivity contribution in [1.82, 2.24) is 19.8 Å². The van der Waals surface area contributed by atoms with Crippen LogP contribution in [0, 0.1) is 5.82 Å². The number of carbonyl (C=O) groups excluding carboxylic acids is 1.